The standard InChI is InChI=1S/C24H30N2O4S/c1-7-18-14-19(22(30-5)15-21(18)26-31(6,28)29)16-25-23(27)13-10-17-8-11-20(12-9-17)24(2,3)4/h7-15,26H,1,16H2,2-6H3,(H,25,27). The van der Waals surface area contributed by atoms with E-state index in [4.69, 9.17) is 4.74 Å². The van der Waals surface area contributed by atoms with Crippen LogP contribution in [0, 0.1) is 0 Å². The number of ether oxygens (including phenoxy) is 1. The van der Waals surface area contributed by atoms with Crippen LogP contribution in [0.5, 0.6) is 5.75 Å². The molecule has 0 atom stereocenters. The second-order valence-electron chi connectivity index (χ2n) is 8.25. The van der Waals surface area contributed by atoms with E-state index in [0.29, 0.717) is 22.6 Å². The monoisotopic (exact) mass is 442 g/mol. The average molecular weight is 443 g/mol. The van der Waals surface area contributed by atoms with E-state index in [-0.39, 0.29) is 17.9 Å². The highest BCUT2D eigenvalue weighted by Gasteiger charge is 2.13. The Morgan fingerprint density at radius 3 is 2.32 bits per heavy atom. The predicted octanol–water partition coefficient (Wildman–Crippen LogP) is 4.34. The van der Waals surface area contributed by atoms with Crippen molar-refractivity contribution < 1.29 is 17.9 Å². The number of hydrogen-bond donors (Lipinski definition) is 2. The number of hydrogen-bond acceptors (Lipinski definition) is 4. The molecule has 2 rings (SSSR count). The Labute approximate surface area is 185 Å². The van der Waals surface area contributed by atoms with Crippen LogP contribution in [0.1, 0.15) is 43.0 Å². The van der Waals surface area contributed by atoms with E-state index >= 15 is 0 Å². The maximum Gasteiger partial charge on any atom is 0.244 e. The van der Waals surface area contributed by atoms with E-state index in [1.165, 1.54) is 18.7 Å². The summed E-state index contributed by atoms with van der Waals surface area (Å²) in [6, 6.07) is 11.4. The zero-order valence-electron chi connectivity index (χ0n) is 18.7. The summed E-state index contributed by atoms with van der Waals surface area (Å²) in [4.78, 5) is 12.3. The summed E-state index contributed by atoms with van der Waals surface area (Å²) in [7, 11) is -1.96. The first-order valence-electron chi connectivity index (χ1n) is 9.80. The molecule has 0 spiro atoms. The molecule has 0 saturated carbocycles. The van der Waals surface area contributed by atoms with Gasteiger partial charge >= 0.3 is 0 Å². The van der Waals surface area contributed by atoms with Crippen molar-refractivity contribution in [2.45, 2.75) is 32.7 Å². The van der Waals surface area contributed by atoms with Crippen molar-refractivity contribution in [1.29, 1.82) is 0 Å². The van der Waals surface area contributed by atoms with Gasteiger partial charge in [-0.25, -0.2) is 8.42 Å². The van der Waals surface area contributed by atoms with E-state index in [9.17, 15) is 13.2 Å². The van der Waals surface area contributed by atoms with Gasteiger partial charge in [0.1, 0.15) is 5.75 Å². The second kappa shape index (κ2) is 9.83. The molecule has 2 aromatic carbocycles. The van der Waals surface area contributed by atoms with Crippen molar-refractivity contribution in [3.8, 4) is 5.75 Å². The summed E-state index contributed by atoms with van der Waals surface area (Å²) in [6.07, 6.45) is 5.85. The van der Waals surface area contributed by atoms with Crippen molar-refractivity contribution in [2.75, 3.05) is 18.1 Å². The molecule has 1 amide bonds. The van der Waals surface area contributed by atoms with Gasteiger partial charge in [-0.05, 0) is 34.2 Å². The van der Waals surface area contributed by atoms with Gasteiger partial charge in [-0.3, -0.25) is 9.52 Å². The zero-order chi connectivity index (χ0) is 23.2. The van der Waals surface area contributed by atoms with E-state index in [1.54, 1.807) is 24.3 Å². The third-order valence-corrected chi connectivity index (χ3v) is 5.22. The van der Waals surface area contributed by atoms with E-state index < -0.39 is 10.0 Å². The maximum absolute atomic E-state index is 12.3. The molecule has 0 unspecified atom stereocenters. The summed E-state index contributed by atoms with van der Waals surface area (Å²) >= 11 is 0. The van der Waals surface area contributed by atoms with Crippen molar-refractivity contribution in [1.82, 2.24) is 5.32 Å². The van der Waals surface area contributed by atoms with Crippen LogP contribution < -0.4 is 14.8 Å². The minimum absolute atomic E-state index is 0.0787. The molecule has 0 aliphatic heterocycles. The number of sulfonamides is 1. The molecule has 0 aliphatic rings. The highest BCUT2D eigenvalue weighted by molar-refractivity contribution is 7.92. The van der Waals surface area contributed by atoms with Crippen LogP contribution in [0.15, 0.2) is 49.1 Å². The van der Waals surface area contributed by atoms with E-state index in [1.807, 2.05) is 12.1 Å². The van der Waals surface area contributed by atoms with Crippen LogP contribution in [-0.4, -0.2) is 27.7 Å². The fourth-order valence-electron chi connectivity index (χ4n) is 2.94. The number of carbonyl (C=O) groups excluding carboxylic acids is 1. The summed E-state index contributed by atoms with van der Waals surface area (Å²) in [6.45, 7) is 10.4. The van der Waals surface area contributed by atoms with Crippen molar-refractivity contribution in [3.05, 3.63) is 71.3 Å². The Bertz CT molecular complexity index is 1080. The summed E-state index contributed by atoms with van der Waals surface area (Å²) < 4.78 is 31.0. The lowest BCUT2D eigenvalue weighted by atomic mass is 9.87. The Morgan fingerprint density at radius 2 is 1.81 bits per heavy atom. The van der Waals surface area contributed by atoms with Gasteiger partial charge in [0.2, 0.25) is 15.9 Å². The van der Waals surface area contributed by atoms with Crippen LogP contribution in [0.2, 0.25) is 0 Å². The lowest BCUT2D eigenvalue weighted by Gasteiger charge is -2.18. The second-order valence-corrected chi connectivity index (χ2v) is 10.0. The van der Waals surface area contributed by atoms with Gasteiger partial charge < -0.3 is 10.1 Å². The minimum Gasteiger partial charge on any atom is -0.496 e. The predicted molar refractivity (Wildman–Crippen MR) is 128 cm³/mol. The quantitative estimate of drug-likeness (QED) is 0.596. The molecule has 2 N–H and O–H groups in total. The zero-order valence-corrected chi connectivity index (χ0v) is 19.5. The molecule has 6 nitrogen and oxygen atoms in total. The Morgan fingerprint density at radius 1 is 1.16 bits per heavy atom. The summed E-state index contributed by atoms with van der Waals surface area (Å²) in [5, 5.41) is 2.82. The van der Waals surface area contributed by atoms with Crippen LogP contribution >= 0.6 is 0 Å². The summed E-state index contributed by atoms with van der Waals surface area (Å²) in [5.41, 5.74) is 3.90. The van der Waals surface area contributed by atoms with E-state index in [2.05, 4.69) is 49.5 Å². The van der Waals surface area contributed by atoms with Crippen LogP contribution in [0.4, 0.5) is 5.69 Å². The van der Waals surface area contributed by atoms with Gasteiger partial charge in [0.25, 0.3) is 0 Å². The van der Waals surface area contributed by atoms with Crippen LogP contribution in [0.3, 0.4) is 0 Å². The van der Waals surface area contributed by atoms with Crippen molar-refractivity contribution in [3.63, 3.8) is 0 Å². The maximum atomic E-state index is 12.3. The molecule has 0 heterocycles. The molecule has 31 heavy (non-hydrogen) atoms. The number of methoxy groups -OCH3 is 1. The number of carbonyl (C=O) groups is 1. The van der Waals surface area contributed by atoms with Gasteiger partial charge in [-0.2, -0.15) is 0 Å². The van der Waals surface area contributed by atoms with Crippen LogP contribution in [0.25, 0.3) is 12.2 Å². The SMILES string of the molecule is C=Cc1cc(CNC(=O)C=Cc2ccc(C(C)(C)C)cc2)c(OC)cc1NS(C)(=O)=O. The molecule has 166 valence electrons. The molecule has 0 radical (unpaired) electrons. The first-order chi connectivity index (χ1) is 14.4. The number of rotatable bonds is 8. The average Bonchev–Trinajstić information content (AvgIpc) is 2.69. The molecule has 0 aliphatic carbocycles. The van der Waals surface area contributed by atoms with Crippen molar-refractivity contribution >= 4 is 33.8 Å². The number of nitrogens with one attached hydrogen (secondary N) is 2. The van der Waals surface area contributed by atoms with E-state index in [0.717, 1.165) is 11.8 Å². The fourth-order valence-corrected chi connectivity index (χ4v) is 3.51. The molecular formula is C24H30N2O4S. The normalized spacial score (nSPS) is 11.9. The lowest BCUT2D eigenvalue weighted by molar-refractivity contribution is -0.116. The molecule has 2 aromatic rings. The number of benzene rings is 2. The molecule has 7 heteroatoms. The first kappa shape index (κ1) is 24.2. The number of anilines is 1. The highest BCUT2D eigenvalue weighted by atomic mass is 32.2. The third-order valence-electron chi connectivity index (χ3n) is 4.62. The smallest absolute Gasteiger partial charge is 0.244 e. The Hall–Kier alpha value is -3.06. The molecule has 0 aromatic heterocycles. The van der Waals surface area contributed by atoms with Crippen LogP contribution in [-0.2, 0) is 26.8 Å². The molecule has 0 bridgehead atoms. The lowest BCUT2D eigenvalue weighted by Crippen LogP contribution is -2.21. The molecule has 0 saturated heterocycles. The largest absolute Gasteiger partial charge is 0.496 e. The Balaban J connectivity index is 2.10. The topological polar surface area (TPSA) is 84.5 Å². The minimum atomic E-state index is -3.45. The number of amides is 1. The van der Waals surface area contributed by atoms with Gasteiger partial charge in [-0.15, -0.1) is 0 Å². The first-order valence-corrected chi connectivity index (χ1v) is 11.7. The van der Waals surface area contributed by atoms with Gasteiger partial charge in [0.05, 0.1) is 19.1 Å². The highest BCUT2D eigenvalue weighted by Crippen LogP contribution is 2.29. The fraction of sp³-hybridized carbons (Fsp3) is 0.292. The van der Waals surface area contributed by atoms with Gasteiger partial charge in [-0.1, -0.05) is 57.7 Å². The summed E-state index contributed by atoms with van der Waals surface area (Å²) in [5.74, 6) is 0.208. The van der Waals surface area contributed by atoms with Crippen molar-refractivity contribution in [2.24, 2.45) is 0 Å². The van der Waals surface area contributed by atoms with Gasteiger partial charge in [0.15, 0.2) is 0 Å². The molecular weight excluding hydrogens is 412 g/mol. The third kappa shape index (κ3) is 7.29. The Kier molecular flexibility index (Phi) is 7.68. The van der Waals surface area contributed by atoms with Gasteiger partial charge in [0, 0.05) is 24.3 Å². The molecule has 0 fully saturated rings.